The van der Waals surface area contributed by atoms with E-state index in [2.05, 4.69) is 0 Å². The summed E-state index contributed by atoms with van der Waals surface area (Å²) in [6.07, 6.45) is 0.178. The SMILES string of the molecule is O=C1CC(c2ccccc2)=Nc2ccccc2N1Cc1ccc(F)cc1Cl. The zero-order chi connectivity index (χ0) is 18.8. The molecule has 134 valence electrons. The van der Waals surface area contributed by atoms with Crippen LogP contribution in [-0.2, 0) is 11.3 Å². The molecule has 0 spiro atoms. The number of hydrogen-bond donors (Lipinski definition) is 0. The second kappa shape index (κ2) is 7.33. The molecule has 4 rings (SSSR count). The van der Waals surface area contributed by atoms with Crippen LogP contribution < -0.4 is 4.90 Å². The van der Waals surface area contributed by atoms with Crippen molar-refractivity contribution in [3.63, 3.8) is 0 Å². The van der Waals surface area contributed by atoms with Crippen LogP contribution in [-0.4, -0.2) is 11.6 Å². The van der Waals surface area contributed by atoms with Crippen LogP contribution in [0.5, 0.6) is 0 Å². The Labute approximate surface area is 161 Å². The van der Waals surface area contributed by atoms with Crippen molar-refractivity contribution in [3.05, 3.63) is 94.8 Å². The summed E-state index contributed by atoms with van der Waals surface area (Å²) in [7, 11) is 0. The largest absolute Gasteiger partial charge is 0.305 e. The van der Waals surface area contributed by atoms with Gasteiger partial charge in [-0.05, 0) is 35.4 Å². The summed E-state index contributed by atoms with van der Waals surface area (Å²) in [4.78, 5) is 19.5. The van der Waals surface area contributed by atoms with E-state index in [1.165, 1.54) is 12.1 Å². The Morgan fingerprint density at radius 3 is 2.52 bits per heavy atom. The standard InChI is InChI=1S/C22H16ClFN2O/c23-18-12-17(24)11-10-16(18)14-26-21-9-5-4-8-19(21)25-20(13-22(26)27)15-6-2-1-3-7-15/h1-12H,13-14H2. The first-order valence-electron chi connectivity index (χ1n) is 8.58. The molecule has 0 saturated heterocycles. The number of fused-ring (bicyclic) bond motifs is 1. The third-order valence-corrected chi connectivity index (χ3v) is 4.85. The fourth-order valence-electron chi connectivity index (χ4n) is 3.14. The van der Waals surface area contributed by atoms with Crippen LogP contribution in [0.1, 0.15) is 17.5 Å². The molecule has 1 aliphatic heterocycles. The summed E-state index contributed by atoms with van der Waals surface area (Å²) in [5.74, 6) is -0.482. The topological polar surface area (TPSA) is 32.7 Å². The highest BCUT2D eigenvalue weighted by Crippen LogP contribution is 2.34. The second-order valence-corrected chi connectivity index (χ2v) is 6.71. The van der Waals surface area contributed by atoms with Crippen molar-refractivity contribution in [1.29, 1.82) is 0 Å². The van der Waals surface area contributed by atoms with Gasteiger partial charge in [-0.15, -0.1) is 0 Å². The van der Waals surface area contributed by atoms with Crippen LogP contribution in [0.15, 0.2) is 77.8 Å². The van der Waals surface area contributed by atoms with Crippen LogP contribution in [0.4, 0.5) is 15.8 Å². The Morgan fingerprint density at radius 1 is 1.00 bits per heavy atom. The fourth-order valence-corrected chi connectivity index (χ4v) is 3.36. The van der Waals surface area contributed by atoms with Gasteiger partial charge in [-0.25, -0.2) is 4.39 Å². The van der Waals surface area contributed by atoms with E-state index < -0.39 is 5.82 Å². The molecule has 1 heterocycles. The van der Waals surface area contributed by atoms with Gasteiger partial charge in [-0.1, -0.05) is 60.1 Å². The summed E-state index contributed by atoms with van der Waals surface area (Å²) >= 11 is 6.18. The number of carbonyl (C=O) groups is 1. The van der Waals surface area contributed by atoms with E-state index in [1.54, 1.807) is 11.0 Å². The molecule has 0 aromatic heterocycles. The molecule has 0 radical (unpaired) electrons. The van der Waals surface area contributed by atoms with Crippen molar-refractivity contribution in [2.75, 3.05) is 4.90 Å². The van der Waals surface area contributed by atoms with Gasteiger partial charge in [-0.3, -0.25) is 9.79 Å². The number of hydrogen-bond acceptors (Lipinski definition) is 2. The lowest BCUT2D eigenvalue weighted by atomic mass is 10.1. The van der Waals surface area contributed by atoms with Crippen molar-refractivity contribution < 1.29 is 9.18 Å². The van der Waals surface area contributed by atoms with Gasteiger partial charge >= 0.3 is 0 Å². The summed E-state index contributed by atoms with van der Waals surface area (Å²) in [6.45, 7) is 0.256. The number of para-hydroxylation sites is 2. The number of aliphatic imine (C=N–C) groups is 1. The minimum Gasteiger partial charge on any atom is -0.305 e. The number of amides is 1. The number of carbonyl (C=O) groups excluding carboxylic acids is 1. The van der Waals surface area contributed by atoms with Gasteiger partial charge in [0.2, 0.25) is 5.91 Å². The van der Waals surface area contributed by atoms with Gasteiger partial charge in [0.1, 0.15) is 5.82 Å². The Kier molecular flexibility index (Phi) is 4.73. The zero-order valence-corrected chi connectivity index (χ0v) is 15.2. The van der Waals surface area contributed by atoms with E-state index in [0.29, 0.717) is 16.3 Å². The summed E-state index contributed by atoms with van der Waals surface area (Å²) in [6, 6.07) is 21.4. The molecule has 3 aromatic carbocycles. The zero-order valence-electron chi connectivity index (χ0n) is 14.4. The molecular weight excluding hydrogens is 363 g/mol. The smallest absolute Gasteiger partial charge is 0.233 e. The van der Waals surface area contributed by atoms with Crippen molar-refractivity contribution in [3.8, 4) is 0 Å². The normalized spacial score (nSPS) is 13.8. The van der Waals surface area contributed by atoms with E-state index in [-0.39, 0.29) is 18.9 Å². The van der Waals surface area contributed by atoms with Crippen LogP contribution in [0, 0.1) is 5.82 Å². The van der Waals surface area contributed by atoms with E-state index in [1.807, 2.05) is 54.6 Å². The second-order valence-electron chi connectivity index (χ2n) is 6.31. The monoisotopic (exact) mass is 378 g/mol. The number of halogens is 2. The third-order valence-electron chi connectivity index (χ3n) is 4.50. The molecule has 0 fully saturated rings. The summed E-state index contributed by atoms with van der Waals surface area (Å²) < 4.78 is 13.4. The summed E-state index contributed by atoms with van der Waals surface area (Å²) in [5.41, 5.74) is 3.77. The molecule has 3 nitrogen and oxygen atoms in total. The maximum Gasteiger partial charge on any atom is 0.233 e. The Bertz CT molecular complexity index is 1030. The number of rotatable bonds is 3. The highest BCUT2D eigenvalue weighted by molar-refractivity contribution is 6.31. The highest BCUT2D eigenvalue weighted by Gasteiger charge is 2.25. The number of anilines is 1. The van der Waals surface area contributed by atoms with Gasteiger partial charge in [0, 0.05) is 5.02 Å². The van der Waals surface area contributed by atoms with Crippen LogP contribution in [0.25, 0.3) is 0 Å². The van der Waals surface area contributed by atoms with Crippen LogP contribution in [0.2, 0.25) is 5.02 Å². The molecule has 0 N–H and O–H groups in total. The van der Waals surface area contributed by atoms with Crippen molar-refractivity contribution in [2.45, 2.75) is 13.0 Å². The molecule has 0 saturated carbocycles. The first-order chi connectivity index (χ1) is 13.1. The summed E-state index contributed by atoms with van der Waals surface area (Å²) in [5, 5.41) is 0.300. The van der Waals surface area contributed by atoms with Gasteiger partial charge in [0.15, 0.2) is 0 Å². The Morgan fingerprint density at radius 2 is 1.74 bits per heavy atom. The fraction of sp³-hybridized carbons (Fsp3) is 0.0909. The van der Waals surface area contributed by atoms with E-state index in [4.69, 9.17) is 16.6 Å². The third kappa shape index (κ3) is 3.62. The predicted molar refractivity (Wildman–Crippen MR) is 106 cm³/mol. The van der Waals surface area contributed by atoms with E-state index >= 15 is 0 Å². The molecule has 0 bridgehead atoms. The lowest BCUT2D eigenvalue weighted by molar-refractivity contribution is -0.117. The molecule has 0 atom stereocenters. The quantitative estimate of drug-likeness (QED) is 0.589. The van der Waals surface area contributed by atoms with Crippen LogP contribution in [0.3, 0.4) is 0 Å². The number of nitrogens with zero attached hydrogens (tertiary/aromatic N) is 2. The van der Waals surface area contributed by atoms with Crippen molar-refractivity contribution >= 4 is 34.6 Å². The predicted octanol–water partition coefficient (Wildman–Crippen LogP) is 5.54. The Balaban J connectivity index is 1.75. The molecule has 1 aliphatic rings. The van der Waals surface area contributed by atoms with E-state index in [9.17, 15) is 9.18 Å². The molecule has 0 unspecified atom stereocenters. The van der Waals surface area contributed by atoms with Gasteiger partial charge < -0.3 is 4.90 Å². The first-order valence-corrected chi connectivity index (χ1v) is 8.96. The first kappa shape index (κ1) is 17.4. The molecule has 1 amide bonds. The number of benzene rings is 3. The van der Waals surface area contributed by atoms with Crippen molar-refractivity contribution in [2.24, 2.45) is 4.99 Å². The highest BCUT2D eigenvalue weighted by atomic mass is 35.5. The van der Waals surface area contributed by atoms with Crippen LogP contribution >= 0.6 is 11.6 Å². The lowest BCUT2D eigenvalue weighted by Gasteiger charge is -2.23. The maximum atomic E-state index is 13.4. The average molecular weight is 379 g/mol. The van der Waals surface area contributed by atoms with Gasteiger partial charge in [-0.2, -0.15) is 0 Å². The average Bonchev–Trinajstić information content (AvgIpc) is 2.81. The lowest BCUT2D eigenvalue weighted by Crippen LogP contribution is -2.31. The minimum absolute atomic E-state index is 0.0806. The maximum absolute atomic E-state index is 13.4. The molecule has 5 heteroatoms. The molecule has 0 aliphatic carbocycles. The van der Waals surface area contributed by atoms with Crippen molar-refractivity contribution in [1.82, 2.24) is 0 Å². The molecule has 27 heavy (non-hydrogen) atoms. The van der Waals surface area contributed by atoms with E-state index in [0.717, 1.165) is 17.0 Å². The Hall–Kier alpha value is -2.98. The van der Waals surface area contributed by atoms with Gasteiger partial charge in [0.05, 0.1) is 30.1 Å². The molecular formula is C22H16ClFN2O. The minimum atomic E-state index is -0.402. The molecule has 3 aromatic rings. The van der Waals surface area contributed by atoms with Gasteiger partial charge in [0.25, 0.3) is 0 Å².